The average molecular weight is 819 g/mol. The summed E-state index contributed by atoms with van der Waals surface area (Å²) in [6, 6.07) is 0. The number of quaternary nitrogens is 1. The molecule has 0 spiro atoms. The summed E-state index contributed by atoms with van der Waals surface area (Å²) in [5.41, 5.74) is 0. The number of phosphoric acid groups is 1. The van der Waals surface area contributed by atoms with Crippen LogP contribution in [-0.4, -0.2) is 97.3 Å². The highest BCUT2D eigenvalue weighted by molar-refractivity contribution is 7.47. The van der Waals surface area contributed by atoms with Gasteiger partial charge in [-0.1, -0.05) is 128 Å². The van der Waals surface area contributed by atoms with Gasteiger partial charge in [0.2, 0.25) is 0 Å². The Labute approximate surface area is 342 Å². The number of unbranched alkanes of at least 4 members (excludes halogenated alkanes) is 18. The predicted molar refractivity (Wildman–Crippen MR) is 227 cm³/mol. The SMILES string of the molecule is CCCCC/C=C\C[C@H](O)[C@@H](O)CCCCCCCC(=O)O[C@H](COC(=O)CCCCCCC/C=C\CCCCCCCC)COP(=O)(O)OCC[N+](C)(C)C. The number of aliphatic hydroxyl groups is 2. The monoisotopic (exact) mass is 819 g/mol. The van der Waals surface area contributed by atoms with E-state index in [4.69, 9.17) is 18.5 Å². The molecule has 0 saturated carbocycles. The van der Waals surface area contributed by atoms with E-state index in [1.165, 1.54) is 57.8 Å². The van der Waals surface area contributed by atoms with Crippen LogP contribution < -0.4 is 0 Å². The average Bonchev–Trinajstić information content (AvgIpc) is 3.14. The molecule has 0 heterocycles. The van der Waals surface area contributed by atoms with E-state index in [9.17, 15) is 29.3 Å². The molecule has 0 aromatic heterocycles. The first kappa shape index (κ1) is 54.4. The van der Waals surface area contributed by atoms with Gasteiger partial charge >= 0.3 is 19.8 Å². The molecule has 0 aromatic rings. The van der Waals surface area contributed by atoms with Gasteiger partial charge in [-0.25, -0.2) is 4.57 Å². The third kappa shape index (κ3) is 38.0. The fourth-order valence-electron chi connectivity index (χ4n) is 5.97. The van der Waals surface area contributed by atoms with Crippen molar-refractivity contribution in [1.29, 1.82) is 0 Å². The number of allylic oxidation sites excluding steroid dienone is 3. The summed E-state index contributed by atoms with van der Waals surface area (Å²) in [5, 5.41) is 20.5. The van der Waals surface area contributed by atoms with Gasteiger partial charge in [-0.3, -0.25) is 18.6 Å². The van der Waals surface area contributed by atoms with Crippen LogP contribution in [0.2, 0.25) is 0 Å². The van der Waals surface area contributed by atoms with Crippen molar-refractivity contribution < 1.29 is 52.3 Å². The molecule has 0 aliphatic carbocycles. The molecule has 0 radical (unpaired) electrons. The molecule has 12 heteroatoms. The van der Waals surface area contributed by atoms with Crippen LogP contribution in [0.15, 0.2) is 24.3 Å². The maximum atomic E-state index is 12.7. The molecular formula is C44H85NO10P+. The van der Waals surface area contributed by atoms with Gasteiger partial charge in [0.25, 0.3) is 0 Å². The van der Waals surface area contributed by atoms with Gasteiger partial charge in [-0.05, 0) is 64.2 Å². The lowest BCUT2D eigenvalue weighted by molar-refractivity contribution is -0.870. The first-order valence-corrected chi connectivity index (χ1v) is 23.7. The summed E-state index contributed by atoms with van der Waals surface area (Å²) in [6.45, 7) is 4.17. The van der Waals surface area contributed by atoms with E-state index in [-0.39, 0.29) is 26.1 Å². The van der Waals surface area contributed by atoms with Crippen LogP contribution in [0.25, 0.3) is 0 Å². The number of rotatable bonds is 40. The molecule has 0 saturated heterocycles. The van der Waals surface area contributed by atoms with E-state index in [1.54, 1.807) is 0 Å². The lowest BCUT2D eigenvalue weighted by Crippen LogP contribution is -2.37. The number of ether oxygens (including phenoxy) is 2. The zero-order chi connectivity index (χ0) is 41.8. The van der Waals surface area contributed by atoms with E-state index >= 15 is 0 Å². The highest BCUT2D eigenvalue weighted by Gasteiger charge is 2.27. The summed E-state index contributed by atoms with van der Waals surface area (Å²) < 4.78 is 34.2. The molecule has 1 unspecified atom stereocenters. The van der Waals surface area contributed by atoms with Crippen molar-refractivity contribution in [3.8, 4) is 0 Å². The minimum Gasteiger partial charge on any atom is -0.462 e. The second-order valence-corrected chi connectivity index (χ2v) is 17.8. The fourth-order valence-corrected chi connectivity index (χ4v) is 6.71. The molecule has 0 amide bonds. The lowest BCUT2D eigenvalue weighted by atomic mass is 10.0. The highest BCUT2D eigenvalue weighted by atomic mass is 31.2. The van der Waals surface area contributed by atoms with E-state index in [0.29, 0.717) is 36.7 Å². The van der Waals surface area contributed by atoms with Crippen molar-refractivity contribution in [2.45, 2.75) is 199 Å². The molecule has 0 fully saturated rings. The number of likely N-dealkylation sites (N-methyl/N-ethyl adjacent to an activating group) is 1. The molecule has 0 rings (SSSR count). The van der Waals surface area contributed by atoms with Crippen molar-refractivity contribution in [1.82, 2.24) is 0 Å². The van der Waals surface area contributed by atoms with Crippen LogP contribution in [0.4, 0.5) is 0 Å². The summed E-state index contributed by atoms with van der Waals surface area (Å²) in [5.74, 6) is -0.918. The van der Waals surface area contributed by atoms with Gasteiger partial charge in [-0.15, -0.1) is 0 Å². The standard InChI is InChI=1S/C44H84NO10P/c1-6-8-10-12-14-15-16-17-18-19-20-21-22-26-30-34-43(48)52-38-40(39-54-56(50,51)53-37-36-45(3,4)5)55-44(49)35-31-27-23-25-29-33-42(47)41(46)32-28-24-13-11-9-7-2/h17-18,24,28,40-42,46-47H,6-16,19-23,25-27,29-39H2,1-5H3/p+1/b18-17-,28-24-/t40-,41+,42+/m1/s1. The number of esters is 2. The Balaban J connectivity index is 4.49. The van der Waals surface area contributed by atoms with Crippen molar-refractivity contribution >= 4 is 19.8 Å². The van der Waals surface area contributed by atoms with E-state index in [1.807, 2.05) is 27.2 Å². The van der Waals surface area contributed by atoms with E-state index in [2.05, 4.69) is 32.1 Å². The molecule has 0 aliphatic heterocycles. The Kier molecular flexibility index (Phi) is 35.5. The van der Waals surface area contributed by atoms with Gasteiger partial charge in [0.15, 0.2) is 6.10 Å². The summed E-state index contributed by atoms with van der Waals surface area (Å²) in [6.07, 6.45) is 31.0. The van der Waals surface area contributed by atoms with Crippen molar-refractivity contribution in [3.05, 3.63) is 24.3 Å². The first-order chi connectivity index (χ1) is 26.8. The third-order valence-corrected chi connectivity index (χ3v) is 10.6. The topological polar surface area (TPSA) is 149 Å². The molecule has 56 heavy (non-hydrogen) atoms. The van der Waals surface area contributed by atoms with Gasteiger partial charge in [-0.2, -0.15) is 0 Å². The molecule has 0 aliphatic rings. The minimum absolute atomic E-state index is 0.00273. The van der Waals surface area contributed by atoms with E-state index < -0.39 is 44.7 Å². The third-order valence-electron chi connectivity index (χ3n) is 9.65. The van der Waals surface area contributed by atoms with Crippen LogP contribution >= 0.6 is 7.82 Å². The van der Waals surface area contributed by atoms with E-state index in [0.717, 1.165) is 70.6 Å². The van der Waals surface area contributed by atoms with Gasteiger partial charge in [0.05, 0.1) is 40.0 Å². The van der Waals surface area contributed by atoms with Crippen LogP contribution in [0.5, 0.6) is 0 Å². The maximum Gasteiger partial charge on any atom is 0.472 e. The first-order valence-electron chi connectivity index (χ1n) is 22.2. The normalized spacial score (nSPS) is 14.9. The number of phosphoric ester groups is 1. The Hall–Kier alpha value is -1.59. The van der Waals surface area contributed by atoms with Crippen molar-refractivity contribution in [2.24, 2.45) is 0 Å². The molecule has 330 valence electrons. The Bertz CT molecular complexity index is 1050. The number of carbonyl (C=O) groups is 2. The molecular weight excluding hydrogens is 733 g/mol. The second-order valence-electron chi connectivity index (χ2n) is 16.4. The Morgan fingerprint density at radius 1 is 0.607 bits per heavy atom. The molecule has 3 N–H and O–H groups in total. The zero-order valence-electron chi connectivity index (χ0n) is 36.3. The number of nitrogens with zero attached hydrogens (tertiary/aromatic N) is 1. The summed E-state index contributed by atoms with van der Waals surface area (Å²) >= 11 is 0. The molecule has 4 atom stereocenters. The lowest BCUT2D eigenvalue weighted by Gasteiger charge is -2.24. The Morgan fingerprint density at radius 3 is 1.68 bits per heavy atom. The number of carbonyl (C=O) groups excluding carboxylic acids is 2. The Morgan fingerprint density at radius 2 is 1.09 bits per heavy atom. The quantitative estimate of drug-likeness (QED) is 0.0179. The van der Waals surface area contributed by atoms with Crippen LogP contribution in [-0.2, 0) is 32.7 Å². The summed E-state index contributed by atoms with van der Waals surface area (Å²) in [7, 11) is 1.38. The smallest absolute Gasteiger partial charge is 0.462 e. The summed E-state index contributed by atoms with van der Waals surface area (Å²) in [4.78, 5) is 35.4. The molecule has 11 nitrogen and oxygen atoms in total. The largest absolute Gasteiger partial charge is 0.472 e. The van der Waals surface area contributed by atoms with Crippen molar-refractivity contribution in [3.63, 3.8) is 0 Å². The van der Waals surface area contributed by atoms with Gasteiger partial charge in [0, 0.05) is 12.8 Å². The van der Waals surface area contributed by atoms with Gasteiger partial charge < -0.3 is 29.1 Å². The molecule has 0 aromatic carbocycles. The highest BCUT2D eigenvalue weighted by Crippen LogP contribution is 2.43. The fraction of sp³-hybridized carbons (Fsp3) is 0.864. The number of hydrogen-bond acceptors (Lipinski definition) is 9. The number of aliphatic hydroxyl groups excluding tert-OH is 2. The number of hydrogen-bond donors (Lipinski definition) is 3. The van der Waals surface area contributed by atoms with Crippen LogP contribution in [0.3, 0.4) is 0 Å². The van der Waals surface area contributed by atoms with Crippen LogP contribution in [0, 0.1) is 0 Å². The minimum atomic E-state index is -4.41. The van der Waals surface area contributed by atoms with Crippen LogP contribution in [0.1, 0.15) is 181 Å². The predicted octanol–water partition coefficient (Wildman–Crippen LogP) is 10.3. The maximum absolute atomic E-state index is 12.7. The van der Waals surface area contributed by atoms with Crippen molar-refractivity contribution in [2.75, 3.05) is 47.5 Å². The van der Waals surface area contributed by atoms with Gasteiger partial charge in [0.1, 0.15) is 19.8 Å². The zero-order valence-corrected chi connectivity index (χ0v) is 37.2. The second kappa shape index (κ2) is 36.5. The molecule has 0 bridgehead atoms.